The Morgan fingerprint density at radius 2 is 1.95 bits per heavy atom. The van der Waals surface area contributed by atoms with Gasteiger partial charge in [0.25, 0.3) is 0 Å². The van der Waals surface area contributed by atoms with Gasteiger partial charge in [0.05, 0.1) is 5.02 Å². The van der Waals surface area contributed by atoms with Gasteiger partial charge in [-0.25, -0.2) is 0 Å². The fourth-order valence-corrected chi connectivity index (χ4v) is 3.07. The molecule has 1 fully saturated rings. The van der Waals surface area contributed by atoms with Gasteiger partial charge in [0.15, 0.2) is 0 Å². The van der Waals surface area contributed by atoms with E-state index in [1.54, 1.807) is 12.1 Å². The molecular formula is C15H24Cl2N2O2. The molecule has 120 valence electrons. The van der Waals surface area contributed by atoms with Crippen LogP contribution in [-0.4, -0.2) is 47.9 Å². The predicted octanol–water partition coefficient (Wildman–Crippen LogP) is 2.43. The number of aliphatic hydroxyl groups excluding tert-OH is 1. The number of aromatic hydroxyl groups is 1. The first-order chi connectivity index (χ1) is 9.45. The van der Waals surface area contributed by atoms with Crippen LogP contribution in [0.25, 0.3) is 0 Å². The molecule has 1 atom stereocenters. The molecule has 0 aromatic heterocycles. The van der Waals surface area contributed by atoms with Crippen molar-refractivity contribution in [1.29, 1.82) is 0 Å². The zero-order chi connectivity index (χ0) is 14.8. The average Bonchev–Trinajstić information content (AvgIpc) is 2.44. The molecule has 0 bridgehead atoms. The number of piperazine rings is 1. The lowest BCUT2D eigenvalue weighted by Gasteiger charge is -2.43. The first-order valence-electron chi connectivity index (χ1n) is 7.00. The van der Waals surface area contributed by atoms with Gasteiger partial charge in [-0.05, 0) is 17.7 Å². The van der Waals surface area contributed by atoms with Gasteiger partial charge >= 0.3 is 0 Å². The van der Waals surface area contributed by atoms with Gasteiger partial charge in [-0.3, -0.25) is 4.90 Å². The highest BCUT2D eigenvalue weighted by molar-refractivity contribution is 6.32. The number of phenols is 1. The molecule has 0 spiro atoms. The second kappa shape index (κ2) is 7.65. The summed E-state index contributed by atoms with van der Waals surface area (Å²) < 4.78 is 0. The van der Waals surface area contributed by atoms with Gasteiger partial charge in [0, 0.05) is 44.2 Å². The smallest absolute Gasteiger partial charge is 0.134 e. The van der Waals surface area contributed by atoms with Crippen molar-refractivity contribution < 1.29 is 10.2 Å². The highest BCUT2D eigenvalue weighted by atomic mass is 35.5. The van der Waals surface area contributed by atoms with Crippen LogP contribution in [0.3, 0.4) is 0 Å². The Morgan fingerprint density at radius 3 is 2.48 bits per heavy atom. The Hall–Kier alpha value is -0.520. The van der Waals surface area contributed by atoms with E-state index in [2.05, 4.69) is 24.1 Å². The van der Waals surface area contributed by atoms with Gasteiger partial charge in [-0.2, -0.15) is 0 Å². The monoisotopic (exact) mass is 334 g/mol. The zero-order valence-corrected chi connectivity index (χ0v) is 14.0. The second-order valence-electron chi connectivity index (χ2n) is 6.05. The van der Waals surface area contributed by atoms with Crippen LogP contribution in [0.1, 0.15) is 25.5 Å². The average molecular weight is 335 g/mol. The molecule has 0 amide bonds. The first-order valence-corrected chi connectivity index (χ1v) is 7.37. The molecule has 1 aromatic rings. The Kier molecular flexibility index (Phi) is 6.75. The second-order valence-corrected chi connectivity index (χ2v) is 6.45. The summed E-state index contributed by atoms with van der Waals surface area (Å²) in [6.07, 6.45) is 0. The van der Waals surface area contributed by atoms with E-state index in [1.165, 1.54) is 0 Å². The molecule has 2 rings (SSSR count). The van der Waals surface area contributed by atoms with Crippen LogP contribution in [0.2, 0.25) is 5.02 Å². The van der Waals surface area contributed by atoms with E-state index in [9.17, 15) is 10.2 Å². The number of halogens is 2. The minimum absolute atomic E-state index is 0. The SMILES string of the molecule is CC(C)(CO)[C@H](c1ccc(O)c(Cl)c1)N1CCNCC1.Cl. The summed E-state index contributed by atoms with van der Waals surface area (Å²) in [5, 5.41) is 23.0. The van der Waals surface area contributed by atoms with E-state index in [0.717, 1.165) is 31.7 Å². The third-order valence-corrected chi connectivity index (χ3v) is 4.25. The molecule has 1 aromatic carbocycles. The number of aliphatic hydroxyl groups is 1. The molecule has 4 nitrogen and oxygen atoms in total. The summed E-state index contributed by atoms with van der Waals surface area (Å²) in [5.41, 5.74) is 0.756. The Balaban J connectivity index is 0.00000220. The lowest BCUT2D eigenvalue weighted by atomic mass is 9.79. The van der Waals surface area contributed by atoms with Gasteiger partial charge < -0.3 is 15.5 Å². The van der Waals surface area contributed by atoms with Crippen LogP contribution in [0, 0.1) is 5.41 Å². The number of nitrogens with one attached hydrogen (secondary N) is 1. The Morgan fingerprint density at radius 1 is 1.33 bits per heavy atom. The van der Waals surface area contributed by atoms with Crippen molar-refractivity contribution in [3.8, 4) is 5.75 Å². The van der Waals surface area contributed by atoms with Gasteiger partial charge in [0.2, 0.25) is 0 Å². The maximum atomic E-state index is 9.76. The van der Waals surface area contributed by atoms with Crippen LogP contribution in [0.5, 0.6) is 5.75 Å². The van der Waals surface area contributed by atoms with Crippen LogP contribution < -0.4 is 5.32 Å². The molecule has 0 saturated carbocycles. The maximum absolute atomic E-state index is 9.76. The summed E-state index contributed by atoms with van der Waals surface area (Å²) in [6.45, 7) is 7.98. The molecular weight excluding hydrogens is 311 g/mol. The van der Waals surface area contributed by atoms with E-state index in [4.69, 9.17) is 11.6 Å². The molecule has 1 aliphatic rings. The number of nitrogens with zero attached hydrogens (tertiary/aromatic N) is 1. The van der Waals surface area contributed by atoms with Gasteiger partial charge in [-0.15, -0.1) is 12.4 Å². The minimum atomic E-state index is -0.280. The molecule has 3 N–H and O–H groups in total. The third kappa shape index (κ3) is 4.24. The lowest BCUT2D eigenvalue weighted by molar-refractivity contribution is 0.0305. The number of phenolic OH excluding ortho intramolecular Hbond substituents is 1. The van der Waals surface area contributed by atoms with Crippen LogP contribution in [0.15, 0.2) is 18.2 Å². The number of benzene rings is 1. The summed E-state index contributed by atoms with van der Waals surface area (Å²) in [4.78, 5) is 2.37. The fraction of sp³-hybridized carbons (Fsp3) is 0.600. The van der Waals surface area contributed by atoms with Crippen molar-refractivity contribution >= 4 is 24.0 Å². The van der Waals surface area contributed by atoms with Crippen molar-refractivity contribution in [1.82, 2.24) is 10.2 Å². The van der Waals surface area contributed by atoms with Crippen molar-refractivity contribution in [2.24, 2.45) is 5.41 Å². The molecule has 0 aliphatic carbocycles. The van der Waals surface area contributed by atoms with E-state index < -0.39 is 0 Å². The van der Waals surface area contributed by atoms with E-state index in [-0.39, 0.29) is 36.2 Å². The van der Waals surface area contributed by atoms with Gasteiger partial charge in [0.1, 0.15) is 5.75 Å². The summed E-state index contributed by atoms with van der Waals surface area (Å²) in [7, 11) is 0. The Bertz CT molecular complexity index is 463. The van der Waals surface area contributed by atoms with Crippen molar-refractivity contribution in [2.45, 2.75) is 19.9 Å². The molecule has 1 heterocycles. The lowest BCUT2D eigenvalue weighted by Crippen LogP contribution is -2.49. The van der Waals surface area contributed by atoms with Crippen molar-refractivity contribution in [3.05, 3.63) is 28.8 Å². The molecule has 1 saturated heterocycles. The fourth-order valence-electron chi connectivity index (χ4n) is 2.88. The molecule has 21 heavy (non-hydrogen) atoms. The quantitative estimate of drug-likeness (QED) is 0.791. The van der Waals surface area contributed by atoms with Crippen LogP contribution >= 0.6 is 24.0 Å². The molecule has 0 radical (unpaired) electrons. The third-order valence-electron chi connectivity index (χ3n) is 3.95. The standard InChI is InChI=1S/C15H23ClN2O2.ClH/c1-15(2,10-19)14(18-7-5-17-6-8-18)11-3-4-13(20)12(16)9-11;/h3-4,9,14,17,19-20H,5-8,10H2,1-2H3;1H/t14-;/m0./s1. The topological polar surface area (TPSA) is 55.7 Å². The highest BCUT2D eigenvalue weighted by Crippen LogP contribution is 2.40. The largest absolute Gasteiger partial charge is 0.506 e. The van der Waals surface area contributed by atoms with Crippen molar-refractivity contribution in [2.75, 3.05) is 32.8 Å². The zero-order valence-electron chi connectivity index (χ0n) is 12.5. The summed E-state index contributed by atoms with van der Waals surface area (Å²) in [5.74, 6) is 0.0938. The minimum Gasteiger partial charge on any atom is -0.506 e. The molecule has 1 aliphatic heterocycles. The molecule has 6 heteroatoms. The van der Waals surface area contributed by atoms with E-state index in [1.807, 2.05) is 6.07 Å². The number of hydrogen-bond donors (Lipinski definition) is 3. The summed E-state index contributed by atoms with van der Waals surface area (Å²) in [6, 6.07) is 5.40. The van der Waals surface area contributed by atoms with E-state index in [0.29, 0.717) is 5.02 Å². The molecule has 0 unspecified atom stereocenters. The van der Waals surface area contributed by atoms with E-state index >= 15 is 0 Å². The van der Waals surface area contributed by atoms with Crippen molar-refractivity contribution in [3.63, 3.8) is 0 Å². The normalized spacial score (nSPS) is 18.1. The first kappa shape index (κ1) is 18.5. The predicted molar refractivity (Wildman–Crippen MR) is 88.4 cm³/mol. The maximum Gasteiger partial charge on any atom is 0.134 e. The van der Waals surface area contributed by atoms with Gasteiger partial charge in [-0.1, -0.05) is 31.5 Å². The highest BCUT2D eigenvalue weighted by Gasteiger charge is 2.35. The van der Waals surface area contributed by atoms with Crippen LogP contribution in [0.4, 0.5) is 0 Å². The summed E-state index contributed by atoms with van der Waals surface area (Å²) >= 11 is 6.05. The number of rotatable bonds is 4. The Labute approximate surface area is 137 Å². The van der Waals surface area contributed by atoms with Crippen LogP contribution in [-0.2, 0) is 0 Å². The number of hydrogen-bond acceptors (Lipinski definition) is 4.